The molecule has 1 aliphatic heterocycles. The van der Waals surface area contributed by atoms with Crippen LogP contribution in [0.2, 0.25) is 0 Å². The number of hydrogen-bond acceptors (Lipinski definition) is 4. The summed E-state index contributed by atoms with van der Waals surface area (Å²) >= 11 is 0. The number of primary amides is 1. The highest BCUT2D eigenvalue weighted by Gasteiger charge is 2.44. The van der Waals surface area contributed by atoms with E-state index in [0.717, 1.165) is 66.0 Å². The van der Waals surface area contributed by atoms with E-state index in [2.05, 4.69) is 0 Å². The minimum absolute atomic E-state index is 0.142. The normalized spacial score (nSPS) is 26.0. The van der Waals surface area contributed by atoms with Gasteiger partial charge in [-0.2, -0.15) is 18.3 Å². The van der Waals surface area contributed by atoms with Gasteiger partial charge in [-0.15, -0.1) is 0 Å². The van der Waals surface area contributed by atoms with Crippen LogP contribution in [0, 0.1) is 5.92 Å². The van der Waals surface area contributed by atoms with Crippen LogP contribution < -0.4 is 10.6 Å². The number of carbonyl (C=O) groups is 1. The van der Waals surface area contributed by atoms with Crippen LogP contribution in [0.5, 0.6) is 0 Å². The molecule has 2 heterocycles. The summed E-state index contributed by atoms with van der Waals surface area (Å²) in [6.07, 6.45) is 6.33. The Labute approximate surface area is 189 Å². The van der Waals surface area contributed by atoms with Crippen molar-refractivity contribution in [3.05, 3.63) is 47.8 Å². The minimum atomic E-state index is -4.64. The van der Waals surface area contributed by atoms with E-state index in [1.54, 1.807) is 6.07 Å². The van der Waals surface area contributed by atoms with Crippen LogP contribution in [0.25, 0.3) is 10.9 Å². The van der Waals surface area contributed by atoms with Crippen LogP contribution in [0.4, 0.5) is 18.9 Å². The van der Waals surface area contributed by atoms with E-state index in [-0.39, 0.29) is 18.6 Å². The molecule has 176 valence electrons. The van der Waals surface area contributed by atoms with Crippen LogP contribution in [0.15, 0.2) is 42.3 Å². The maximum absolute atomic E-state index is 14.0. The summed E-state index contributed by atoms with van der Waals surface area (Å²) in [4.78, 5) is 13.2. The molecule has 2 aliphatic carbocycles. The van der Waals surface area contributed by atoms with Crippen LogP contribution in [-0.4, -0.2) is 39.6 Å². The van der Waals surface area contributed by atoms with Crippen molar-refractivity contribution in [1.29, 1.82) is 0 Å². The molecule has 9 heteroatoms. The van der Waals surface area contributed by atoms with Crippen LogP contribution in [-0.2, 0) is 4.79 Å². The van der Waals surface area contributed by atoms with Crippen molar-refractivity contribution in [2.24, 2.45) is 11.7 Å². The zero-order valence-corrected chi connectivity index (χ0v) is 18.1. The maximum atomic E-state index is 14.0. The molecule has 0 saturated heterocycles. The number of benzene rings is 1. The second-order valence-corrected chi connectivity index (χ2v) is 9.36. The number of hydrogen-bond donors (Lipinski definition) is 2. The van der Waals surface area contributed by atoms with Crippen LogP contribution in [0.3, 0.4) is 0 Å². The molecule has 2 fully saturated rings. The second kappa shape index (κ2) is 8.20. The molecule has 0 radical (unpaired) electrons. The van der Waals surface area contributed by atoms with Gasteiger partial charge in [0, 0.05) is 23.9 Å². The van der Waals surface area contributed by atoms with Gasteiger partial charge < -0.3 is 15.7 Å². The van der Waals surface area contributed by atoms with E-state index in [1.165, 1.54) is 12.2 Å². The summed E-state index contributed by atoms with van der Waals surface area (Å²) in [6, 6.07) is 2.59. The Bertz CT molecular complexity index is 1120. The second-order valence-electron chi connectivity index (χ2n) is 9.36. The van der Waals surface area contributed by atoms with Gasteiger partial charge in [-0.1, -0.05) is 12.2 Å². The van der Waals surface area contributed by atoms with Gasteiger partial charge in [0.15, 0.2) is 0 Å². The average molecular weight is 461 g/mol. The zero-order chi connectivity index (χ0) is 23.3. The van der Waals surface area contributed by atoms with Crippen molar-refractivity contribution in [1.82, 2.24) is 9.78 Å². The maximum Gasteiger partial charge on any atom is 0.431 e. The van der Waals surface area contributed by atoms with E-state index >= 15 is 0 Å². The SMILES string of the molecule is NC(=O)C1C=CC=C(C(F)(F)F)N1c1cc2cn(C3CCC(CO)CC3)nc2cc1C1CC1. The summed E-state index contributed by atoms with van der Waals surface area (Å²) in [5.74, 6) is -0.368. The lowest BCUT2D eigenvalue weighted by molar-refractivity contribution is -0.119. The molecule has 0 spiro atoms. The first-order chi connectivity index (χ1) is 15.8. The molecule has 3 aliphatic rings. The molecule has 1 atom stereocenters. The predicted molar refractivity (Wildman–Crippen MR) is 119 cm³/mol. The summed E-state index contributed by atoms with van der Waals surface area (Å²) in [5, 5.41) is 14.9. The van der Waals surface area contributed by atoms with Gasteiger partial charge in [-0.25, -0.2) is 0 Å². The summed E-state index contributed by atoms with van der Waals surface area (Å²) in [7, 11) is 0. The number of anilines is 1. The van der Waals surface area contributed by atoms with E-state index in [1.807, 2.05) is 16.9 Å². The molecule has 33 heavy (non-hydrogen) atoms. The third kappa shape index (κ3) is 4.14. The molecular formula is C24H27F3N4O2. The Morgan fingerprint density at radius 2 is 1.88 bits per heavy atom. The Balaban J connectivity index is 1.58. The lowest BCUT2D eigenvalue weighted by Crippen LogP contribution is -2.47. The van der Waals surface area contributed by atoms with Gasteiger partial charge >= 0.3 is 6.18 Å². The fourth-order valence-electron chi connectivity index (χ4n) is 5.10. The van der Waals surface area contributed by atoms with Crippen molar-refractivity contribution >= 4 is 22.5 Å². The molecule has 1 aromatic heterocycles. The highest BCUT2D eigenvalue weighted by Crippen LogP contribution is 2.48. The largest absolute Gasteiger partial charge is 0.431 e. The fraction of sp³-hybridized carbons (Fsp3) is 0.500. The number of amides is 1. The minimum Gasteiger partial charge on any atom is -0.396 e. The Kier molecular flexibility index (Phi) is 5.47. The highest BCUT2D eigenvalue weighted by molar-refractivity contribution is 5.91. The number of aromatic nitrogens is 2. The van der Waals surface area contributed by atoms with Gasteiger partial charge in [0.25, 0.3) is 0 Å². The Morgan fingerprint density at radius 1 is 1.15 bits per heavy atom. The first kappa shape index (κ1) is 22.0. The molecule has 2 aromatic rings. The number of aliphatic hydroxyl groups is 1. The zero-order valence-electron chi connectivity index (χ0n) is 18.1. The first-order valence-corrected chi connectivity index (χ1v) is 11.4. The summed E-state index contributed by atoms with van der Waals surface area (Å²) in [5.41, 5.74) is 6.50. The third-order valence-corrected chi connectivity index (χ3v) is 7.06. The van der Waals surface area contributed by atoms with E-state index in [0.29, 0.717) is 11.6 Å². The quantitative estimate of drug-likeness (QED) is 0.696. The molecule has 1 unspecified atom stereocenters. The van der Waals surface area contributed by atoms with Gasteiger partial charge in [0.1, 0.15) is 11.7 Å². The average Bonchev–Trinajstić information content (AvgIpc) is 3.56. The lowest BCUT2D eigenvalue weighted by Gasteiger charge is -2.36. The fourth-order valence-corrected chi connectivity index (χ4v) is 5.10. The number of fused-ring (bicyclic) bond motifs is 1. The first-order valence-electron chi connectivity index (χ1n) is 11.4. The van der Waals surface area contributed by atoms with Crippen molar-refractivity contribution in [2.45, 2.75) is 62.7 Å². The van der Waals surface area contributed by atoms with E-state index in [4.69, 9.17) is 10.8 Å². The monoisotopic (exact) mass is 460 g/mol. The smallest absolute Gasteiger partial charge is 0.396 e. The number of alkyl halides is 3. The van der Waals surface area contributed by atoms with Crippen molar-refractivity contribution in [3.8, 4) is 0 Å². The highest BCUT2D eigenvalue weighted by atomic mass is 19.4. The predicted octanol–water partition coefficient (Wildman–Crippen LogP) is 4.31. The van der Waals surface area contributed by atoms with Gasteiger partial charge in [0.05, 0.1) is 11.6 Å². The van der Waals surface area contributed by atoms with Gasteiger partial charge in [0.2, 0.25) is 5.91 Å². The van der Waals surface area contributed by atoms with Crippen molar-refractivity contribution < 1.29 is 23.1 Å². The molecule has 2 saturated carbocycles. The van der Waals surface area contributed by atoms with Crippen LogP contribution in [0.1, 0.15) is 56.0 Å². The molecule has 6 nitrogen and oxygen atoms in total. The topological polar surface area (TPSA) is 84.4 Å². The van der Waals surface area contributed by atoms with E-state index < -0.39 is 23.8 Å². The summed E-state index contributed by atoms with van der Waals surface area (Å²) < 4.78 is 43.8. The Morgan fingerprint density at radius 3 is 2.48 bits per heavy atom. The number of carbonyl (C=O) groups excluding carboxylic acids is 1. The van der Waals surface area contributed by atoms with Gasteiger partial charge in [-0.05, 0) is 74.1 Å². The lowest BCUT2D eigenvalue weighted by atomic mass is 9.87. The molecule has 0 bridgehead atoms. The number of nitrogens with two attached hydrogens (primary N) is 1. The Hall–Kier alpha value is -2.81. The number of halogens is 3. The standard InChI is InChI=1S/C24H27F3N4O2/c25-24(26,27)22-3-1-2-20(23(28)33)31(22)21-10-16-12-30(17-8-4-14(13-32)5-9-17)29-19(16)11-18(21)15-6-7-15/h1-3,10-12,14-15,17,20,32H,4-9,13H2,(H2,28,33). The summed E-state index contributed by atoms with van der Waals surface area (Å²) in [6.45, 7) is 0.197. The van der Waals surface area contributed by atoms with Crippen LogP contribution >= 0.6 is 0 Å². The molecule has 3 N–H and O–H groups in total. The molecule has 5 rings (SSSR count). The molecular weight excluding hydrogens is 433 g/mol. The van der Waals surface area contributed by atoms with Gasteiger partial charge in [-0.3, -0.25) is 9.48 Å². The number of rotatable bonds is 5. The third-order valence-electron chi connectivity index (χ3n) is 7.06. The van der Waals surface area contributed by atoms with E-state index in [9.17, 15) is 23.1 Å². The van der Waals surface area contributed by atoms with Crippen molar-refractivity contribution in [3.63, 3.8) is 0 Å². The van der Waals surface area contributed by atoms with Crippen molar-refractivity contribution in [2.75, 3.05) is 11.5 Å². The number of aliphatic hydroxyl groups excluding tert-OH is 1. The number of allylic oxidation sites excluding steroid dienone is 3. The molecule has 1 aromatic carbocycles. The molecule has 1 amide bonds. The number of nitrogens with zero attached hydrogens (tertiary/aromatic N) is 3.